The lowest BCUT2D eigenvalue weighted by Crippen LogP contribution is -2.30. The first-order valence-electron chi connectivity index (χ1n) is 12.3. The molecule has 0 atom stereocenters. The summed E-state index contributed by atoms with van der Waals surface area (Å²) in [6.45, 7) is 0.708. The van der Waals surface area contributed by atoms with Gasteiger partial charge in [-0.3, -0.25) is 14.2 Å². The number of thioether (sulfide) groups is 1. The predicted octanol–water partition coefficient (Wildman–Crippen LogP) is 5.20. The van der Waals surface area contributed by atoms with E-state index in [1.807, 2.05) is 24.3 Å². The highest BCUT2D eigenvalue weighted by atomic mass is 35.5. The van der Waals surface area contributed by atoms with Gasteiger partial charge in [0.15, 0.2) is 22.5 Å². The Morgan fingerprint density at radius 2 is 1.77 bits per heavy atom. The number of halogens is 2. The molecule has 9 nitrogen and oxygen atoms in total. The first kappa shape index (κ1) is 27.8. The molecule has 4 aromatic rings. The second kappa shape index (κ2) is 12.2. The Morgan fingerprint density at radius 1 is 0.975 bits per heavy atom. The standard InChI is InChI=1S/C28H25Cl2N5O4S/c1-38-23-10-7-18(13-24(23)39-2)27(37)31-15-25-32-33-28(35(25)19-8-9-20(29)21(30)14-19)40-16-26(36)34-12-11-17-5-3-4-6-22(17)34/h3-10,13-14H,11-12,15-16H2,1-2H3,(H,31,37). The molecule has 5 rings (SSSR count). The highest BCUT2D eigenvalue weighted by Crippen LogP contribution is 2.31. The van der Waals surface area contributed by atoms with Crippen LogP contribution in [0.2, 0.25) is 10.0 Å². The molecule has 0 saturated heterocycles. The number of hydrogen-bond donors (Lipinski definition) is 1. The maximum Gasteiger partial charge on any atom is 0.251 e. The van der Waals surface area contributed by atoms with Gasteiger partial charge in [0.1, 0.15) is 0 Å². The van der Waals surface area contributed by atoms with Gasteiger partial charge in [-0.25, -0.2) is 0 Å². The fraction of sp³-hybridized carbons (Fsp3) is 0.214. The van der Waals surface area contributed by atoms with E-state index in [0.29, 0.717) is 50.3 Å². The van der Waals surface area contributed by atoms with E-state index in [9.17, 15) is 9.59 Å². The predicted molar refractivity (Wildman–Crippen MR) is 155 cm³/mol. The van der Waals surface area contributed by atoms with Crippen LogP contribution in [0.5, 0.6) is 11.5 Å². The van der Waals surface area contributed by atoms with Gasteiger partial charge in [-0.1, -0.05) is 53.2 Å². The topological polar surface area (TPSA) is 98.6 Å². The number of methoxy groups -OCH3 is 2. The van der Waals surface area contributed by atoms with Crippen molar-refractivity contribution in [3.05, 3.63) is 87.7 Å². The maximum atomic E-state index is 13.1. The molecule has 0 saturated carbocycles. The van der Waals surface area contributed by atoms with Crippen molar-refractivity contribution >= 4 is 52.5 Å². The van der Waals surface area contributed by atoms with E-state index < -0.39 is 0 Å². The van der Waals surface area contributed by atoms with E-state index >= 15 is 0 Å². The molecule has 40 heavy (non-hydrogen) atoms. The number of nitrogens with zero attached hydrogens (tertiary/aromatic N) is 4. The van der Waals surface area contributed by atoms with E-state index in [1.165, 1.54) is 26.0 Å². The number of rotatable bonds is 9. The molecular formula is C28H25Cl2N5O4S. The average molecular weight is 599 g/mol. The number of amides is 2. The van der Waals surface area contributed by atoms with Crippen molar-refractivity contribution in [2.75, 3.05) is 31.4 Å². The largest absolute Gasteiger partial charge is 0.493 e. The van der Waals surface area contributed by atoms with Gasteiger partial charge < -0.3 is 19.7 Å². The summed E-state index contributed by atoms with van der Waals surface area (Å²) in [6, 6.07) is 18.0. The van der Waals surface area contributed by atoms with Crippen molar-refractivity contribution in [3.8, 4) is 17.2 Å². The van der Waals surface area contributed by atoms with Crippen LogP contribution >= 0.6 is 35.0 Å². The van der Waals surface area contributed by atoms with Crippen LogP contribution in [-0.4, -0.2) is 53.1 Å². The molecule has 3 aromatic carbocycles. The fourth-order valence-corrected chi connectivity index (χ4v) is 5.57. The first-order chi connectivity index (χ1) is 19.4. The van der Waals surface area contributed by atoms with Crippen LogP contribution in [0, 0.1) is 0 Å². The monoisotopic (exact) mass is 597 g/mol. The number of carbonyl (C=O) groups excluding carboxylic acids is 2. The molecule has 206 valence electrons. The van der Waals surface area contributed by atoms with E-state index in [1.54, 1.807) is 45.9 Å². The van der Waals surface area contributed by atoms with E-state index in [0.717, 1.165) is 17.7 Å². The number of fused-ring (bicyclic) bond motifs is 1. The minimum atomic E-state index is -0.332. The Bertz CT molecular complexity index is 1580. The number of benzene rings is 3. The van der Waals surface area contributed by atoms with Crippen LogP contribution in [0.25, 0.3) is 5.69 Å². The molecule has 0 radical (unpaired) electrons. The van der Waals surface area contributed by atoms with Gasteiger partial charge in [0.25, 0.3) is 5.91 Å². The molecule has 0 spiro atoms. The van der Waals surface area contributed by atoms with Gasteiger partial charge in [-0.05, 0) is 54.4 Å². The van der Waals surface area contributed by atoms with E-state index in [2.05, 4.69) is 15.5 Å². The number of hydrogen-bond acceptors (Lipinski definition) is 7. The molecule has 1 aromatic heterocycles. The minimum absolute atomic E-state index is 0.0260. The zero-order chi connectivity index (χ0) is 28.2. The summed E-state index contributed by atoms with van der Waals surface area (Å²) in [6.07, 6.45) is 0.829. The summed E-state index contributed by atoms with van der Waals surface area (Å²) in [7, 11) is 3.03. The third kappa shape index (κ3) is 5.74. The van der Waals surface area contributed by atoms with Crippen LogP contribution in [0.3, 0.4) is 0 Å². The number of anilines is 1. The van der Waals surface area contributed by atoms with Gasteiger partial charge >= 0.3 is 0 Å². The summed E-state index contributed by atoms with van der Waals surface area (Å²) in [5.74, 6) is 1.22. The van der Waals surface area contributed by atoms with Gasteiger partial charge in [-0.15, -0.1) is 10.2 Å². The molecule has 0 aliphatic carbocycles. The lowest BCUT2D eigenvalue weighted by atomic mass is 10.2. The second-order valence-electron chi connectivity index (χ2n) is 8.80. The Kier molecular flexibility index (Phi) is 8.49. The lowest BCUT2D eigenvalue weighted by molar-refractivity contribution is -0.116. The molecule has 2 amide bonds. The third-order valence-corrected chi connectivity index (χ3v) is 8.08. The Morgan fingerprint density at radius 3 is 2.55 bits per heavy atom. The van der Waals surface area contributed by atoms with Crippen molar-refractivity contribution in [2.45, 2.75) is 18.1 Å². The van der Waals surface area contributed by atoms with Gasteiger partial charge in [0.05, 0.1) is 42.2 Å². The molecule has 0 fully saturated rings. The number of aromatic nitrogens is 3. The van der Waals surface area contributed by atoms with E-state index in [4.69, 9.17) is 32.7 Å². The quantitative estimate of drug-likeness (QED) is 0.265. The number of nitrogens with one attached hydrogen (secondary N) is 1. The molecule has 1 N–H and O–H groups in total. The van der Waals surface area contributed by atoms with Crippen LogP contribution in [0.1, 0.15) is 21.7 Å². The SMILES string of the molecule is COc1ccc(C(=O)NCc2nnc(SCC(=O)N3CCc4ccccc43)n2-c2ccc(Cl)c(Cl)c2)cc1OC. The highest BCUT2D eigenvalue weighted by Gasteiger charge is 2.25. The Labute approximate surface area is 245 Å². The molecule has 12 heteroatoms. The molecule has 0 bridgehead atoms. The Hall–Kier alpha value is -3.73. The summed E-state index contributed by atoms with van der Waals surface area (Å²) in [5, 5.41) is 12.8. The number of ether oxygens (including phenoxy) is 2. The van der Waals surface area contributed by atoms with Crippen molar-refractivity contribution in [3.63, 3.8) is 0 Å². The maximum absolute atomic E-state index is 13.1. The van der Waals surface area contributed by atoms with Crippen molar-refractivity contribution < 1.29 is 19.1 Å². The molecule has 1 aliphatic heterocycles. The second-order valence-corrected chi connectivity index (χ2v) is 10.6. The molecular weight excluding hydrogens is 573 g/mol. The lowest BCUT2D eigenvalue weighted by Gasteiger charge is -2.17. The normalized spacial score (nSPS) is 12.2. The van der Waals surface area contributed by atoms with Crippen LogP contribution in [0.4, 0.5) is 5.69 Å². The molecule has 0 unspecified atom stereocenters. The summed E-state index contributed by atoms with van der Waals surface area (Å²) >= 11 is 13.7. The summed E-state index contributed by atoms with van der Waals surface area (Å²) < 4.78 is 12.3. The van der Waals surface area contributed by atoms with Crippen molar-refractivity contribution in [2.24, 2.45) is 0 Å². The third-order valence-electron chi connectivity index (χ3n) is 6.43. The summed E-state index contributed by atoms with van der Waals surface area (Å²) in [5.41, 5.74) is 3.14. The Balaban J connectivity index is 1.36. The van der Waals surface area contributed by atoms with Crippen LogP contribution in [-0.2, 0) is 17.8 Å². The smallest absolute Gasteiger partial charge is 0.251 e. The highest BCUT2D eigenvalue weighted by molar-refractivity contribution is 7.99. The van der Waals surface area contributed by atoms with Crippen molar-refractivity contribution in [1.82, 2.24) is 20.1 Å². The summed E-state index contributed by atoms with van der Waals surface area (Å²) in [4.78, 5) is 27.9. The average Bonchev–Trinajstić information content (AvgIpc) is 3.60. The minimum Gasteiger partial charge on any atom is -0.493 e. The van der Waals surface area contributed by atoms with Crippen LogP contribution < -0.4 is 19.7 Å². The van der Waals surface area contributed by atoms with Gasteiger partial charge in [0, 0.05) is 17.8 Å². The van der Waals surface area contributed by atoms with Gasteiger partial charge in [0.2, 0.25) is 5.91 Å². The number of carbonyl (C=O) groups is 2. The fourth-order valence-electron chi connectivity index (χ4n) is 4.43. The molecule has 2 heterocycles. The zero-order valence-corrected chi connectivity index (χ0v) is 24.0. The van der Waals surface area contributed by atoms with E-state index in [-0.39, 0.29) is 24.1 Å². The molecule has 1 aliphatic rings. The zero-order valence-electron chi connectivity index (χ0n) is 21.7. The van der Waals surface area contributed by atoms with Gasteiger partial charge in [-0.2, -0.15) is 0 Å². The van der Waals surface area contributed by atoms with Crippen molar-refractivity contribution in [1.29, 1.82) is 0 Å². The first-order valence-corrected chi connectivity index (χ1v) is 14.0. The number of para-hydroxylation sites is 1. The van der Waals surface area contributed by atoms with Crippen LogP contribution in [0.15, 0.2) is 65.8 Å².